The second kappa shape index (κ2) is 8.49. The van der Waals surface area contributed by atoms with Crippen LogP contribution in [-0.2, 0) is 4.79 Å². The lowest BCUT2D eigenvalue weighted by Crippen LogP contribution is -2.48. The zero-order valence-electron chi connectivity index (χ0n) is 16.1. The summed E-state index contributed by atoms with van der Waals surface area (Å²) >= 11 is 3.11. The average molecular weight is 413 g/mol. The third-order valence-electron chi connectivity index (χ3n) is 5.20. The van der Waals surface area contributed by atoms with Gasteiger partial charge in [0.15, 0.2) is 11.0 Å². The molecule has 1 amide bonds. The van der Waals surface area contributed by atoms with E-state index in [1.807, 2.05) is 52.4 Å². The van der Waals surface area contributed by atoms with Crippen molar-refractivity contribution < 1.29 is 4.79 Å². The van der Waals surface area contributed by atoms with Gasteiger partial charge in [-0.2, -0.15) is 0 Å². The maximum atomic E-state index is 12.9. The van der Waals surface area contributed by atoms with Crippen LogP contribution in [0.15, 0.2) is 53.0 Å². The lowest BCUT2D eigenvalue weighted by atomic mass is 9.98. The van der Waals surface area contributed by atoms with Crippen molar-refractivity contribution in [3.8, 4) is 16.4 Å². The van der Waals surface area contributed by atoms with E-state index in [-0.39, 0.29) is 5.91 Å². The lowest BCUT2D eigenvalue weighted by molar-refractivity contribution is -0.134. The van der Waals surface area contributed by atoms with Crippen molar-refractivity contribution in [2.75, 3.05) is 5.75 Å². The summed E-state index contributed by atoms with van der Waals surface area (Å²) in [5.41, 5.74) is 1.01. The Morgan fingerprint density at radius 2 is 1.86 bits per heavy atom. The van der Waals surface area contributed by atoms with Crippen molar-refractivity contribution >= 4 is 29.0 Å². The van der Waals surface area contributed by atoms with E-state index in [1.165, 1.54) is 18.2 Å². The fraction of sp³-hybridized carbons (Fsp3) is 0.381. The van der Waals surface area contributed by atoms with E-state index in [1.54, 1.807) is 11.3 Å². The number of carbonyl (C=O) groups is 1. The van der Waals surface area contributed by atoms with Gasteiger partial charge in [-0.15, -0.1) is 21.5 Å². The molecule has 1 aliphatic rings. The van der Waals surface area contributed by atoms with Gasteiger partial charge in [-0.3, -0.25) is 9.36 Å². The average Bonchev–Trinajstić information content (AvgIpc) is 3.36. The van der Waals surface area contributed by atoms with Crippen molar-refractivity contribution in [3.63, 3.8) is 0 Å². The number of para-hydroxylation sites is 1. The number of thioether (sulfide) groups is 1. The Bertz CT molecular complexity index is 913. The molecule has 1 aromatic carbocycles. The molecule has 0 spiro atoms. The highest BCUT2D eigenvalue weighted by Crippen LogP contribution is 2.31. The van der Waals surface area contributed by atoms with Gasteiger partial charge in [0.05, 0.1) is 10.6 Å². The molecule has 1 fully saturated rings. The Balaban J connectivity index is 1.59. The summed E-state index contributed by atoms with van der Waals surface area (Å²) in [6.07, 6.45) is 3.37. The van der Waals surface area contributed by atoms with E-state index >= 15 is 0 Å². The summed E-state index contributed by atoms with van der Waals surface area (Å²) < 4.78 is 2.05. The van der Waals surface area contributed by atoms with Crippen LogP contribution in [0, 0.1) is 0 Å². The zero-order valence-corrected chi connectivity index (χ0v) is 17.7. The Morgan fingerprint density at radius 1 is 1.11 bits per heavy atom. The number of carbonyl (C=O) groups excluding carboxylic acids is 1. The van der Waals surface area contributed by atoms with Crippen LogP contribution in [0.5, 0.6) is 0 Å². The number of nitrogens with zero attached hydrogens (tertiary/aromatic N) is 4. The highest BCUT2D eigenvalue weighted by atomic mass is 32.2. The predicted molar refractivity (Wildman–Crippen MR) is 115 cm³/mol. The summed E-state index contributed by atoms with van der Waals surface area (Å²) in [6.45, 7) is 4.30. The molecule has 1 saturated heterocycles. The molecule has 7 heteroatoms. The fourth-order valence-electron chi connectivity index (χ4n) is 3.85. The first-order valence-electron chi connectivity index (χ1n) is 9.64. The molecule has 4 rings (SSSR count). The molecule has 0 unspecified atom stereocenters. The van der Waals surface area contributed by atoms with Gasteiger partial charge in [0.1, 0.15) is 0 Å². The Kier molecular flexibility index (Phi) is 5.82. The summed E-state index contributed by atoms with van der Waals surface area (Å²) in [7, 11) is 0. The Hall–Kier alpha value is -2.12. The standard InChI is InChI=1S/C21H24N4OS2/c1-15-8-6-9-16(2)24(15)19(26)14-28-21-23-22-20(18-12-7-13-27-18)25(21)17-10-4-3-5-11-17/h3-5,7,10-13,15-16H,6,8-9,14H2,1-2H3/t15-,16+. The summed E-state index contributed by atoms with van der Waals surface area (Å²) in [5, 5.41) is 11.6. The van der Waals surface area contributed by atoms with Crippen molar-refractivity contribution in [3.05, 3.63) is 47.8 Å². The van der Waals surface area contributed by atoms with E-state index in [4.69, 9.17) is 0 Å². The third kappa shape index (κ3) is 3.86. The highest BCUT2D eigenvalue weighted by molar-refractivity contribution is 7.99. The number of likely N-dealkylation sites (tertiary alicyclic amines) is 1. The number of hydrogen-bond acceptors (Lipinski definition) is 5. The smallest absolute Gasteiger partial charge is 0.233 e. The van der Waals surface area contributed by atoms with Crippen LogP contribution in [0.2, 0.25) is 0 Å². The Labute approximate surface area is 173 Å². The lowest BCUT2D eigenvalue weighted by Gasteiger charge is -2.39. The minimum atomic E-state index is 0.185. The van der Waals surface area contributed by atoms with E-state index in [2.05, 4.69) is 28.9 Å². The summed E-state index contributed by atoms with van der Waals surface area (Å²) in [6, 6.07) is 14.8. The van der Waals surface area contributed by atoms with Crippen LogP contribution in [0.4, 0.5) is 0 Å². The van der Waals surface area contributed by atoms with Gasteiger partial charge in [0.2, 0.25) is 5.91 Å². The molecular weight excluding hydrogens is 388 g/mol. The second-order valence-corrected chi connectivity index (χ2v) is 9.06. The van der Waals surface area contributed by atoms with Crippen LogP contribution in [0.25, 0.3) is 16.4 Å². The monoisotopic (exact) mass is 412 g/mol. The van der Waals surface area contributed by atoms with Crippen LogP contribution in [0.1, 0.15) is 33.1 Å². The van der Waals surface area contributed by atoms with Gasteiger partial charge in [-0.25, -0.2) is 0 Å². The highest BCUT2D eigenvalue weighted by Gasteiger charge is 2.29. The van der Waals surface area contributed by atoms with E-state index in [0.717, 1.165) is 34.4 Å². The maximum absolute atomic E-state index is 12.9. The minimum absolute atomic E-state index is 0.185. The molecule has 0 saturated carbocycles. The molecule has 3 aromatic rings. The number of benzene rings is 1. The van der Waals surface area contributed by atoms with Gasteiger partial charge >= 0.3 is 0 Å². The number of piperidine rings is 1. The van der Waals surface area contributed by atoms with Gasteiger partial charge in [0, 0.05) is 17.8 Å². The van der Waals surface area contributed by atoms with Crippen LogP contribution in [0.3, 0.4) is 0 Å². The molecule has 2 atom stereocenters. The fourth-order valence-corrected chi connectivity index (χ4v) is 5.37. The SMILES string of the molecule is C[C@@H]1CCC[C@H](C)N1C(=O)CSc1nnc(-c2cccs2)n1-c1ccccc1. The number of amides is 1. The molecule has 1 aliphatic heterocycles. The summed E-state index contributed by atoms with van der Waals surface area (Å²) in [5.74, 6) is 1.38. The largest absolute Gasteiger partial charge is 0.337 e. The predicted octanol–water partition coefficient (Wildman–Crippen LogP) is 4.88. The zero-order chi connectivity index (χ0) is 19.5. The number of thiophene rings is 1. The normalized spacial score (nSPS) is 19.7. The van der Waals surface area contributed by atoms with Crippen LogP contribution in [-0.4, -0.2) is 43.4 Å². The van der Waals surface area contributed by atoms with Gasteiger partial charge in [-0.1, -0.05) is 36.0 Å². The molecule has 28 heavy (non-hydrogen) atoms. The minimum Gasteiger partial charge on any atom is -0.337 e. The number of aromatic nitrogens is 3. The van der Waals surface area contributed by atoms with Crippen LogP contribution < -0.4 is 0 Å². The van der Waals surface area contributed by atoms with Crippen molar-refractivity contribution in [2.45, 2.75) is 50.4 Å². The van der Waals surface area contributed by atoms with Gasteiger partial charge in [0.25, 0.3) is 0 Å². The van der Waals surface area contributed by atoms with Crippen molar-refractivity contribution in [2.24, 2.45) is 0 Å². The van der Waals surface area contributed by atoms with Gasteiger partial charge in [-0.05, 0) is 56.7 Å². The second-order valence-electron chi connectivity index (χ2n) is 7.17. The van der Waals surface area contributed by atoms with Crippen LogP contribution >= 0.6 is 23.1 Å². The molecule has 5 nitrogen and oxygen atoms in total. The van der Waals surface area contributed by atoms with E-state index < -0.39 is 0 Å². The molecule has 0 bridgehead atoms. The third-order valence-corrected chi connectivity index (χ3v) is 6.98. The van der Waals surface area contributed by atoms with Gasteiger partial charge < -0.3 is 4.90 Å². The quantitative estimate of drug-likeness (QED) is 0.561. The first kappa shape index (κ1) is 19.2. The van der Waals surface area contributed by atoms with E-state index in [9.17, 15) is 4.79 Å². The molecule has 0 aliphatic carbocycles. The van der Waals surface area contributed by atoms with Crippen molar-refractivity contribution in [1.82, 2.24) is 19.7 Å². The molecule has 2 aromatic heterocycles. The van der Waals surface area contributed by atoms with Crippen molar-refractivity contribution in [1.29, 1.82) is 0 Å². The molecule has 0 N–H and O–H groups in total. The van der Waals surface area contributed by atoms with E-state index in [0.29, 0.717) is 17.8 Å². The molecule has 0 radical (unpaired) electrons. The topological polar surface area (TPSA) is 51.0 Å². The Morgan fingerprint density at radius 3 is 2.54 bits per heavy atom. The number of hydrogen-bond donors (Lipinski definition) is 0. The molecule has 146 valence electrons. The first-order valence-corrected chi connectivity index (χ1v) is 11.5. The molecular formula is C21H24N4OS2. The maximum Gasteiger partial charge on any atom is 0.233 e. The molecule has 3 heterocycles. The number of rotatable bonds is 5. The first-order chi connectivity index (χ1) is 13.6. The summed E-state index contributed by atoms with van der Waals surface area (Å²) in [4.78, 5) is 16.0.